The van der Waals surface area contributed by atoms with E-state index in [1.807, 2.05) is 32.0 Å². The van der Waals surface area contributed by atoms with E-state index in [2.05, 4.69) is 34.5 Å². The molecule has 1 heterocycles. The Kier molecular flexibility index (Phi) is 7.10. The van der Waals surface area contributed by atoms with Gasteiger partial charge in [0.05, 0.1) is 0 Å². The van der Waals surface area contributed by atoms with Crippen LogP contribution in [-0.2, 0) is 17.9 Å². The highest BCUT2D eigenvalue weighted by Crippen LogP contribution is 2.20. The van der Waals surface area contributed by atoms with Crippen molar-refractivity contribution in [2.24, 2.45) is 0 Å². The number of carbonyl (C=O) groups is 1. The number of aryl methyl sites for hydroxylation is 2. The van der Waals surface area contributed by atoms with Crippen LogP contribution in [-0.4, -0.2) is 30.0 Å². The Hall–Kier alpha value is -2.33. The molecule has 1 saturated heterocycles. The average molecular weight is 381 g/mol. The summed E-state index contributed by atoms with van der Waals surface area (Å²) < 4.78 is 5.88. The Bertz CT molecular complexity index is 797. The monoisotopic (exact) mass is 380 g/mol. The van der Waals surface area contributed by atoms with Crippen molar-refractivity contribution < 1.29 is 9.53 Å². The molecule has 1 fully saturated rings. The summed E-state index contributed by atoms with van der Waals surface area (Å²) in [4.78, 5) is 15.1. The van der Waals surface area contributed by atoms with Gasteiger partial charge in [-0.1, -0.05) is 48.4 Å². The fourth-order valence-electron chi connectivity index (χ4n) is 3.74. The molecular weight excluding hydrogens is 348 g/mol. The Morgan fingerprint density at radius 2 is 1.79 bits per heavy atom. The molecule has 0 aromatic heterocycles. The van der Waals surface area contributed by atoms with Gasteiger partial charge in [-0.05, 0) is 69.5 Å². The molecule has 1 amide bonds. The van der Waals surface area contributed by atoms with E-state index in [0.717, 1.165) is 17.9 Å². The largest absolute Gasteiger partial charge is 0.481 e. The Morgan fingerprint density at radius 1 is 1.07 bits per heavy atom. The zero-order valence-electron chi connectivity index (χ0n) is 17.3. The SMILES string of the molecule is Cc1ccc(O[C@@H](C)C(=O)NCc2ccccc2CN2CCCCC2)c(C)c1. The van der Waals surface area contributed by atoms with Crippen molar-refractivity contribution in [2.45, 2.75) is 59.2 Å². The number of ether oxygens (including phenoxy) is 1. The number of amides is 1. The lowest BCUT2D eigenvalue weighted by molar-refractivity contribution is -0.127. The highest BCUT2D eigenvalue weighted by atomic mass is 16.5. The molecule has 2 aromatic rings. The highest BCUT2D eigenvalue weighted by molar-refractivity contribution is 5.80. The molecule has 0 unspecified atom stereocenters. The summed E-state index contributed by atoms with van der Waals surface area (Å²) in [7, 11) is 0. The first-order chi connectivity index (χ1) is 13.5. The summed E-state index contributed by atoms with van der Waals surface area (Å²) in [6, 6.07) is 14.4. The van der Waals surface area contributed by atoms with E-state index in [4.69, 9.17) is 4.74 Å². The number of hydrogen-bond donors (Lipinski definition) is 1. The van der Waals surface area contributed by atoms with Crippen LogP contribution in [0.2, 0.25) is 0 Å². The van der Waals surface area contributed by atoms with Gasteiger partial charge < -0.3 is 10.1 Å². The highest BCUT2D eigenvalue weighted by Gasteiger charge is 2.17. The topological polar surface area (TPSA) is 41.6 Å². The van der Waals surface area contributed by atoms with Gasteiger partial charge in [-0.2, -0.15) is 0 Å². The maximum absolute atomic E-state index is 12.6. The van der Waals surface area contributed by atoms with Gasteiger partial charge in [0.1, 0.15) is 5.75 Å². The molecular formula is C24H32N2O2. The van der Waals surface area contributed by atoms with E-state index in [-0.39, 0.29) is 5.91 Å². The first-order valence-electron chi connectivity index (χ1n) is 10.3. The lowest BCUT2D eigenvalue weighted by atomic mass is 10.0. The summed E-state index contributed by atoms with van der Waals surface area (Å²) in [5, 5.41) is 3.05. The van der Waals surface area contributed by atoms with Gasteiger partial charge in [-0.25, -0.2) is 0 Å². The van der Waals surface area contributed by atoms with Crippen LogP contribution in [0, 0.1) is 13.8 Å². The Labute approximate surface area is 168 Å². The van der Waals surface area contributed by atoms with Gasteiger partial charge in [0.2, 0.25) is 0 Å². The predicted molar refractivity (Wildman–Crippen MR) is 113 cm³/mol. The minimum Gasteiger partial charge on any atom is -0.481 e. The van der Waals surface area contributed by atoms with Crippen LogP contribution in [0.25, 0.3) is 0 Å². The predicted octanol–water partition coefficient (Wildman–Crippen LogP) is 4.37. The number of piperidine rings is 1. The first-order valence-corrected chi connectivity index (χ1v) is 10.3. The second-order valence-electron chi connectivity index (χ2n) is 7.85. The third kappa shape index (κ3) is 5.59. The number of nitrogens with one attached hydrogen (secondary N) is 1. The van der Waals surface area contributed by atoms with Gasteiger partial charge in [-0.15, -0.1) is 0 Å². The van der Waals surface area contributed by atoms with Crippen LogP contribution in [0.4, 0.5) is 0 Å². The molecule has 2 aromatic carbocycles. The first kappa shape index (κ1) is 20.4. The van der Waals surface area contributed by atoms with E-state index in [1.54, 1.807) is 6.92 Å². The zero-order chi connectivity index (χ0) is 19.9. The third-order valence-corrected chi connectivity index (χ3v) is 5.42. The number of benzene rings is 2. The minimum atomic E-state index is -0.532. The smallest absolute Gasteiger partial charge is 0.261 e. The molecule has 0 bridgehead atoms. The van der Waals surface area contributed by atoms with Gasteiger partial charge >= 0.3 is 0 Å². The van der Waals surface area contributed by atoms with Crippen molar-refractivity contribution in [2.75, 3.05) is 13.1 Å². The summed E-state index contributed by atoms with van der Waals surface area (Å²) in [5.41, 5.74) is 4.71. The second-order valence-corrected chi connectivity index (χ2v) is 7.85. The van der Waals surface area contributed by atoms with Crippen molar-refractivity contribution in [3.8, 4) is 5.75 Å². The van der Waals surface area contributed by atoms with Crippen LogP contribution in [0.5, 0.6) is 5.75 Å². The van der Waals surface area contributed by atoms with E-state index in [0.29, 0.717) is 6.54 Å². The number of carbonyl (C=O) groups excluding carboxylic acids is 1. The van der Waals surface area contributed by atoms with Crippen molar-refractivity contribution in [3.05, 3.63) is 64.7 Å². The zero-order valence-corrected chi connectivity index (χ0v) is 17.3. The molecule has 1 aliphatic rings. The number of nitrogens with zero attached hydrogens (tertiary/aromatic N) is 1. The maximum atomic E-state index is 12.6. The summed E-state index contributed by atoms with van der Waals surface area (Å²) in [6.45, 7) is 9.68. The summed E-state index contributed by atoms with van der Waals surface area (Å²) in [5.74, 6) is 0.673. The van der Waals surface area contributed by atoms with Crippen molar-refractivity contribution in [1.29, 1.82) is 0 Å². The molecule has 1 atom stereocenters. The average Bonchev–Trinajstić information content (AvgIpc) is 2.70. The quantitative estimate of drug-likeness (QED) is 0.775. The van der Waals surface area contributed by atoms with Crippen LogP contribution in [0.1, 0.15) is 48.4 Å². The molecule has 4 nitrogen and oxygen atoms in total. The maximum Gasteiger partial charge on any atom is 0.261 e. The molecule has 0 aliphatic carbocycles. The fourth-order valence-corrected chi connectivity index (χ4v) is 3.74. The van der Waals surface area contributed by atoms with Crippen LogP contribution >= 0.6 is 0 Å². The molecule has 0 spiro atoms. The van der Waals surface area contributed by atoms with Gasteiger partial charge in [0, 0.05) is 13.1 Å². The van der Waals surface area contributed by atoms with E-state index in [9.17, 15) is 4.79 Å². The Balaban J connectivity index is 1.56. The molecule has 0 radical (unpaired) electrons. The van der Waals surface area contributed by atoms with Gasteiger partial charge in [0.15, 0.2) is 6.10 Å². The number of hydrogen-bond acceptors (Lipinski definition) is 3. The van der Waals surface area contributed by atoms with E-state index >= 15 is 0 Å². The van der Waals surface area contributed by atoms with Crippen LogP contribution in [0.3, 0.4) is 0 Å². The molecule has 4 heteroatoms. The standard InChI is InChI=1S/C24H32N2O2/c1-18-11-12-23(19(2)15-18)28-20(3)24(27)25-16-21-9-5-6-10-22(21)17-26-13-7-4-8-14-26/h5-6,9-12,15,20H,4,7-8,13-14,16-17H2,1-3H3,(H,25,27)/t20-/m0/s1. The number of likely N-dealkylation sites (tertiary alicyclic amines) is 1. The van der Waals surface area contributed by atoms with Gasteiger partial charge in [-0.3, -0.25) is 9.69 Å². The van der Waals surface area contributed by atoms with Crippen LogP contribution in [0.15, 0.2) is 42.5 Å². The van der Waals surface area contributed by atoms with Gasteiger partial charge in [0.25, 0.3) is 5.91 Å². The molecule has 1 N–H and O–H groups in total. The lowest BCUT2D eigenvalue weighted by Crippen LogP contribution is -2.36. The fraction of sp³-hybridized carbons (Fsp3) is 0.458. The third-order valence-electron chi connectivity index (χ3n) is 5.42. The summed E-state index contributed by atoms with van der Waals surface area (Å²) in [6.07, 6.45) is 3.38. The molecule has 3 rings (SSSR count). The minimum absolute atomic E-state index is 0.0900. The van der Waals surface area contributed by atoms with Crippen LogP contribution < -0.4 is 10.1 Å². The van der Waals surface area contributed by atoms with E-state index < -0.39 is 6.10 Å². The molecule has 1 aliphatic heterocycles. The van der Waals surface area contributed by atoms with Crippen molar-refractivity contribution in [3.63, 3.8) is 0 Å². The second kappa shape index (κ2) is 9.74. The molecule has 0 saturated carbocycles. The molecule has 28 heavy (non-hydrogen) atoms. The summed E-state index contributed by atoms with van der Waals surface area (Å²) >= 11 is 0. The van der Waals surface area contributed by atoms with Crippen molar-refractivity contribution >= 4 is 5.91 Å². The molecule has 150 valence electrons. The lowest BCUT2D eigenvalue weighted by Gasteiger charge is -2.27. The Morgan fingerprint density at radius 3 is 2.50 bits per heavy atom. The normalized spacial score (nSPS) is 15.8. The van der Waals surface area contributed by atoms with E-state index in [1.165, 1.54) is 49.0 Å². The number of rotatable bonds is 7. The van der Waals surface area contributed by atoms with Crippen molar-refractivity contribution in [1.82, 2.24) is 10.2 Å².